The molecule has 0 aliphatic carbocycles. The SMILES string of the molecule is CC(C)Cc1ccc(O)c(C(C)c2ccccc2)c1. The first-order chi connectivity index (χ1) is 9.08. The van der Waals surface area contributed by atoms with Crippen molar-refractivity contribution in [2.45, 2.75) is 33.1 Å². The largest absolute Gasteiger partial charge is 0.508 e. The second-order valence-electron chi connectivity index (χ2n) is 5.62. The van der Waals surface area contributed by atoms with Crippen molar-refractivity contribution < 1.29 is 5.11 Å². The van der Waals surface area contributed by atoms with E-state index in [1.807, 2.05) is 30.3 Å². The van der Waals surface area contributed by atoms with Crippen LogP contribution in [0.15, 0.2) is 48.5 Å². The van der Waals surface area contributed by atoms with Crippen molar-refractivity contribution >= 4 is 0 Å². The minimum absolute atomic E-state index is 0.216. The molecule has 0 radical (unpaired) electrons. The Morgan fingerprint density at radius 2 is 1.63 bits per heavy atom. The molecule has 1 nitrogen and oxygen atoms in total. The summed E-state index contributed by atoms with van der Waals surface area (Å²) in [5.74, 6) is 1.24. The molecule has 0 heterocycles. The van der Waals surface area contributed by atoms with Crippen LogP contribution in [0.1, 0.15) is 43.4 Å². The van der Waals surface area contributed by atoms with Gasteiger partial charge in [0.25, 0.3) is 0 Å². The van der Waals surface area contributed by atoms with E-state index in [2.05, 4.69) is 39.0 Å². The van der Waals surface area contributed by atoms with Crippen LogP contribution in [0.3, 0.4) is 0 Å². The van der Waals surface area contributed by atoms with Gasteiger partial charge in [-0.25, -0.2) is 0 Å². The first kappa shape index (κ1) is 13.7. The lowest BCUT2D eigenvalue weighted by Gasteiger charge is -2.16. The number of phenolic OH excluding ortho intramolecular Hbond substituents is 1. The van der Waals surface area contributed by atoms with Gasteiger partial charge in [-0.1, -0.05) is 63.2 Å². The summed E-state index contributed by atoms with van der Waals surface area (Å²) in [6.45, 7) is 6.57. The highest BCUT2D eigenvalue weighted by atomic mass is 16.3. The zero-order chi connectivity index (χ0) is 13.8. The average molecular weight is 254 g/mol. The maximum atomic E-state index is 10.1. The summed E-state index contributed by atoms with van der Waals surface area (Å²) in [5.41, 5.74) is 3.55. The van der Waals surface area contributed by atoms with Crippen LogP contribution in [0.25, 0.3) is 0 Å². The molecule has 0 aliphatic rings. The summed E-state index contributed by atoms with van der Waals surface area (Å²) in [5, 5.41) is 10.1. The predicted molar refractivity (Wildman–Crippen MR) is 80.6 cm³/mol. The molecule has 2 rings (SSSR count). The Morgan fingerprint density at radius 1 is 0.947 bits per heavy atom. The lowest BCUT2D eigenvalue weighted by Crippen LogP contribution is -2.00. The van der Waals surface area contributed by atoms with Crippen LogP contribution >= 0.6 is 0 Å². The topological polar surface area (TPSA) is 20.2 Å². The van der Waals surface area contributed by atoms with Crippen molar-refractivity contribution in [2.75, 3.05) is 0 Å². The van der Waals surface area contributed by atoms with Crippen molar-refractivity contribution in [1.82, 2.24) is 0 Å². The zero-order valence-corrected chi connectivity index (χ0v) is 11.9. The maximum Gasteiger partial charge on any atom is 0.119 e. The summed E-state index contributed by atoms with van der Waals surface area (Å²) < 4.78 is 0. The smallest absolute Gasteiger partial charge is 0.119 e. The first-order valence-electron chi connectivity index (χ1n) is 6.94. The van der Waals surface area contributed by atoms with Gasteiger partial charge in [-0.3, -0.25) is 0 Å². The Morgan fingerprint density at radius 3 is 2.26 bits per heavy atom. The summed E-state index contributed by atoms with van der Waals surface area (Å²) in [6, 6.07) is 16.3. The molecule has 2 aromatic rings. The van der Waals surface area contributed by atoms with Gasteiger partial charge in [0.1, 0.15) is 5.75 Å². The number of rotatable bonds is 4. The Kier molecular flexibility index (Phi) is 4.26. The molecule has 0 aliphatic heterocycles. The van der Waals surface area contributed by atoms with Crippen LogP contribution in [0.4, 0.5) is 0 Å². The molecule has 100 valence electrons. The molecule has 0 amide bonds. The number of aromatic hydroxyl groups is 1. The van der Waals surface area contributed by atoms with Crippen LogP contribution in [0.2, 0.25) is 0 Å². The van der Waals surface area contributed by atoms with Crippen molar-refractivity contribution in [3.63, 3.8) is 0 Å². The van der Waals surface area contributed by atoms with Gasteiger partial charge in [0.15, 0.2) is 0 Å². The van der Waals surface area contributed by atoms with Crippen LogP contribution in [0, 0.1) is 5.92 Å². The number of benzene rings is 2. The fourth-order valence-electron chi connectivity index (χ4n) is 2.47. The molecule has 0 saturated carbocycles. The molecule has 1 N–H and O–H groups in total. The highest BCUT2D eigenvalue weighted by molar-refractivity contribution is 5.43. The van der Waals surface area contributed by atoms with Crippen LogP contribution in [-0.2, 0) is 6.42 Å². The minimum atomic E-state index is 0.216. The van der Waals surface area contributed by atoms with Crippen LogP contribution in [0.5, 0.6) is 5.75 Å². The van der Waals surface area contributed by atoms with Gasteiger partial charge in [-0.05, 0) is 29.5 Å². The molecule has 0 aromatic heterocycles. The van der Waals surface area contributed by atoms with E-state index in [9.17, 15) is 5.11 Å². The molecule has 2 aromatic carbocycles. The highest BCUT2D eigenvalue weighted by Crippen LogP contribution is 2.32. The third-order valence-electron chi connectivity index (χ3n) is 3.50. The number of hydrogen-bond acceptors (Lipinski definition) is 1. The molecule has 1 unspecified atom stereocenters. The lowest BCUT2D eigenvalue weighted by molar-refractivity contribution is 0.465. The van der Waals surface area contributed by atoms with E-state index < -0.39 is 0 Å². The van der Waals surface area contributed by atoms with Crippen LogP contribution in [-0.4, -0.2) is 5.11 Å². The summed E-state index contributed by atoms with van der Waals surface area (Å²) in [7, 11) is 0. The van der Waals surface area contributed by atoms with Crippen molar-refractivity contribution in [3.8, 4) is 5.75 Å². The number of hydrogen-bond donors (Lipinski definition) is 1. The average Bonchev–Trinajstić information content (AvgIpc) is 2.40. The van der Waals surface area contributed by atoms with E-state index in [1.54, 1.807) is 0 Å². The van der Waals surface area contributed by atoms with E-state index in [-0.39, 0.29) is 5.92 Å². The van der Waals surface area contributed by atoms with Gasteiger partial charge in [-0.2, -0.15) is 0 Å². The first-order valence-corrected chi connectivity index (χ1v) is 6.94. The van der Waals surface area contributed by atoms with Gasteiger partial charge >= 0.3 is 0 Å². The van der Waals surface area contributed by atoms with E-state index in [1.165, 1.54) is 11.1 Å². The number of phenols is 1. The third-order valence-corrected chi connectivity index (χ3v) is 3.50. The Bertz CT molecular complexity index is 529. The second kappa shape index (κ2) is 5.92. The quantitative estimate of drug-likeness (QED) is 0.835. The molecule has 19 heavy (non-hydrogen) atoms. The van der Waals surface area contributed by atoms with Gasteiger partial charge in [0.2, 0.25) is 0 Å². The Labute approximate surface area is 115 Å². The standard InChI is InChI=1S/C18H22O/c1-13(2)11-15-9-10-18(19)17(12-15)14(3)16-7-5-4-6-8-16/h4-10,12-14,19H,11H2,1-3H3. The summed E-state index contributed by atoms with van der Waals surface area (Å²) in [6.07, 6.45) is 1.05. The molecule has 0 fully saturated rings. The minimum Gasteiger partial charge on any atom is -0.508 e. The molecule has 0 bridgehead atoms. The third kappa shape index (κ3) is 3.37. The van der Waals surface area contributed by atoms with Gasteiger partial charge < -0.3 is 5.11 Å². The monoisotopic (exact) mass is 254 g/mol. The van der Waals surface area contributed by atoms with Gasteiger partial charge in [-0.15, -0.1) is 0 Å². The highest BCUT2D eigenvalue weighted by Gasteiger charge is 2.13. The lowest BCUT2D eigenvalue weighted by atomic mass is 9.90. The molecule has 1 heteroatoms. The predicted octanol–water partition coefficient (Wildman–Crippen LogP) is 4.74. The molecule has 1 atom stereocenters. The molecular formula is C18H22O. The molecular weight excluding hydrogens is 232 g/mol. The van der Waals surface area contributed by atoms with Crippen molar-refractivity contribution in [2.24, 2.45) is 5.92 Å². The van der Waals surface area contributed by atoms with E-state index in [4.69, 9.17) is 0 Å². The zero-order valence-electron chi connectivity index (χ0n) is 11.9. The van der Waals surface area contributed by atoms with E-state index in [0.717, 1.165) is 12.0 Å². The van der Waals surface area contributed by atoms with Crippen LogP contribution < -0.4 is 0 Å². The molecule has 0 saturated heterocycles. The maximum absolute atomic E-state index is 10.1. The fraction of sp³-hybridized carbons (Fsp3) is 0.333. The Balaban J connectivity index is 2.33. The van der Waals surface area contributed by atoms with Crippen molar-refractivity contribution in [1.29, 1.82) is 0 Å². The Hall–Kier alpha value is -1.76. The fourth-order valence-corrected chi connectivity index (χ4v) is 2.47. The van der Waals surface area contributed by atoms with Crippen molar-refractivity contribution in [3.05, 3.63) is 65.2 Å². The van der Waals surface area contributed by atoms with E-state index in [0.29, 0.717) is 11.7 Å². The van der Waals surface area contributed by atoms with E-state index >= 15 is 0 Å². The normalized spacial score (nSPS) is 12.6. The molecule has 0 spiro atoms. The van der Waals surface area contributed by atoms with Gasteiger partial charge in [0.05, 0.1) is 0 Å². The summed E-state index contributed by atoms with van der Waals surface area (Å²) in [4.78, 5) is 0. The van der Waals surface area contributed by atoms with Gasteiger partial charge in [0, 0.05) is 11.5 Å². The summed E-state index contributed by atoms with van der Waals surface area (Å²) >= 11 is 0. The second-order valence-corrected chi connectivity index (χ2v) is 5.62.